The zero-order valence-corrected chi connectivity index (χ0v) is 9.40. The second-order valence-electron chi connectivity index (χ2n) is 3.60. The number of hydrogen-bond acceptors (Lipinski definition) is 5. The quantitative estimate of drug-likeness (QED) is 0.839. The summed E-state index contributed by atoms with van der Waals surface area (Å²) in [6, 6.07) is 0. The van der Waals surface area contributed by atoms with Crippen LogP contribution in [0.5, 0.6) is 0 Å². The lowest BCUT2D eigenvalue weighted by atomic mass is 10.2. The Morgan fingerprint density at radius 3 is 2.75 bits per heavy atom. The summed E-state index contributed by atoms with van der Waals surface area (Å²) in [7, 11) is 0. The van der Waals surface area contributed by atoms with Crippen LogP contribution in [0.2, 0.25) is 0 Å². The summed E-state index contributed by atoms with van der Waals surface area (Å²) >= 11 is 0. The molecule has 2 aromatic rings. The van der Waals surface area contributed by atoms with E-state index in [1.807, 2.05) is 13.8 Å². The second-order valence-corrected chi connectivity index (χ2v) is 3.60. The molecule has 2 heterocycles. The molecular weight excluding hydrogens is 204 g/mol. The Labute approximate surface area is 93.9 Å². The van der Waals surface area contributed by atoms with Crippen LogP contribution in [0.25, 0.3) is 0 Å². The Bertz CT molecular complexity index is 433. The topological polar surface area (TPSA) is 63.8 Å². The molecule has 16 heavy (non-hydrogen) atoms. The third-order valence-corrected chi connectivity index (χ3v) is 2.41. The van der Waals surface area contributed by atoms with Crippen LogP contribution in [0.3, 0.4) is 0 Å². The molecule has 1 N–H and O–H groups in total. The van der Waals surface area contributed by atoms with Gasteiger partial charge in [-0.05, 0) is 13.8 Å². The predicted molar refractivity (Wildman–Crippen MR) is 58.6 cm³/mol. The molecule has 5 nitrogen and oxygen atoms in total. The number of aromatic nitrogens is 3. The molecule has 0 amide bonds. The van der Waals surface area contributed by atoms with Gasteiger partial charge in [-0.15, -0.1) is 0 Å². The maximum absolute atomic E-state index is 5.08. The van der Waals surface area contributed by atoms with Crippen molar-refractivity contribution in [2.24, 2.45) is 0 Å². The van der Waals surface area contributed by atoms with Gasteiger partial charge in [0.15, 0.2) is 0 Å². The third-order valence-electron chi connectivity index (χ3n) is 2.41. The molecule has 0 radical (unpaired) electrons. The van der Waals surface area contributed by atoms with Crippen LogP contribution in [0.15, 0.2) is 23.1 Å². The van der Waals surface area contributed by atoms with E-state index >= 15 is 0 Å². The number of nitrogens with one attached hydrogen (secondary N) is 1. The zero-order chi connectivity index (χ0) is 11.4. The first-order valence-electron chi connectivity index (χ1n) is 5.14. The van der Waals surface area contributed by atoms with Crippen molar-refractivity contribution in [1.82, 2.24) is 20.4 Å². The van der Waals surface area contributed by atoms with E-state index in [2.05, 4.69) is 20.4 Å². The monoisotopic (exact) mass is 218 g/mol. The fourth-order valence-corrected chi connectivity index (χ4v) is 1.49. The van der Waals surface area contributed by atoms with Crippen molar-refractivity contribution in [1.29, 1.82) is 0 Å². The maximum Gasteiger partial charge on any atom is 0.138 e. The van der Waals surface area contributed by atoms with Crippen LogP contribution in [-0.2, 0) is 13.1 Å². The molecule has 0 spiro atoms. The first-order chi connectivity index (χ1) is 7.77. The van der Waals surface area contributed by atoms with Gasteiger partial charge in [-0.2, -0.15) is 0 Å². The van der Waals surface area contributed by atoms with Crippen molar-refractivity contribution in [3.63, 3.8) is 0 Å². The maximum atomic E-state index is 5.08. The van der Waals surface area contributed by atoms with E-state index in [4.69, 9.17) is 4.52 Å². The molecule has 2 aromatic heterocycles. The minimum atomic E-state index is 0.692. The largest absolute Gasteiger partial charge is 0.361 e. The minimum absolute atomic E-state index is 0.692. The van der Waals surface area contributed by atoms with Crippen molar-refractivity contribution >= 4 is 0 Å². The van der Waals surface area contributed by atoms with Crippen LogP contribution in [0.1, 0.15) is 22.7 Å². The van der Waals surface area contributed by atoms with Gasteiger partial charge in [0, 0.05) is 37.2 Å². The average Bonchev–Trinajstić information content (AvgIpc) is 2.62. The molecule has 0 aliphatic heterocycles. The molecular formula is C11H14N4O. The third kappa shape index (κ3) is 2.43. The molecule has 0 fully saturated rings. The van der Waals surface area contributed by atoms with Crippen LogP contribution in [0, 0.1) is 13.8 Å². The minimum Gasteiger partial charge on any atom is -0.361 e. The van der Waals surface area contributed by atoms with Gasteiger partial charge < -0.3 is 9.84 Å². The Morgan fingerprint density at radius 2 is 2.12 bits per heavy atom. The summed E-state index contributed by atoms with van der Waals surface area (Å²) in [6.07, 6.45) is 5.10. The van der Waals surface area contributed by atoms with Gasteiger partial charge in [0.25, 0.3) is 0 Å². The zero-order valence-electron chi connectivity index (χ0n) is 9.40. The lowest BCUT2D eigenvalue weighted by Gasteiger charge is -2.03. The molecule has 0 saturated heterocycles. The van der Waals surface area contributed by atoms with Crippen LogP contribution in [0.4, 0.5) is 0 Å². The highest BCUT2D eigenvalue weighted by molar-refractivity contribution is 5.20. The molecule has 0 unspecified atom stereocenters. The predicted octanol–water partition coefficient (Wildman–Crippen LogP) is 1.37. The molecule has 0 saturated carbocycles. The lowest BCUT2D eigenvalue weighted by molar-refractivity contribution is 0.392. The Hall–Kier alpha value is -1.75. The van der Waals surface area contributed by atoms with Crippen molar-refractivity contribution in [3.8, 4) is 0 Å². The number of nitrogens with zero attached hydrogens (tertiary/aromatic N) is 3. The van der Waals surface area contributed by atoms with Gasteiger partial charge in [0.1, 0.15) is 5.76 Å². The van der Waals surface area contributed by atoms with Crippen LogP contribution < -0.4 is 5.32 Å². The molecule has 0 aliphatic rings. The van der Waals surface area contributed by atoms with E-state index in [0.717, 1.165) is 29.3 Å². The molecule has 0 aliphatic carbocycles. The number of aryl methyl sites for hydroxylation is 2. The summed E-state index contributed by atoms with van der Waals surface area (Å²) in [4.78, 5) is 8.18. The standard InChI is InChI=1S/C11H14N4O/c1-8-11(9(2)16-15-8)7-13-6-10-5-12-3-4-14-10/h3-5,13H,6-7H2,1-2H3. The Balaban J connectivity index is 1.89. The van der Waals surface area contributed by atoms with Crippen molar-refractivity contribution in [2.75, 3.05) is 0 Å². The van der Waals surface area contributed by atoms with E-state index in [-0.39, 0.29) is 0 Å². The van der Waals surface area contributed by atoms with Gasteiger partial charge in [-0.1, -0.05) is 5.16 Å². The second kappa shape index (κ2) is 4.85. The van der Waals surface area contributed by atoms with E-state index in [1.54, 1.807) is 18.6 Å². The van der Waals surface area contributed by atoms with Gasteiger partial charge in [-0.3, -0.25) is 9.97 Å². The highest BCUT2D eigenvalue weighted by Crippen LogP contribution is 2.11. The average molecular weight is 218 g/mol. The fourth-order valence-electron chi connectivity index (χ4n) is 1.49. The molecule has 0 aromatic carbocycles. The van der Waals surface area contributed by atoms with Gasteiger partial charge >= 0.3 is 0 Å². The molecule has 84 valence electrons. The van der Waals surface area contributed by atoms with E-state index in [1.165, 1.54) is 0 Å². The van der Waals surface area contributed by atoms with Gasteiger partial charge in [0.2, 0.25) is 0 Å². The van der Waals surface area contributed by atoms with E-state index in [0.29, 0.717) is 6.54 Å². The summed E-state index contributed by atoms with van der Waals surface area (Å²) < 4.78 is 5.08. The highest BCUT2D eigenvalue weighted by atomic mass is 16.5. The Morgan fingerprint density at radius 1 is 1.25 bits per heavy atom. The first kappa shape index (κ1) is 10.8. The molecule has 0 atom stereocenters. The number of hydrogen-bond donors (Lipinski definition) is 1. The van der Waals surface area contributed by atoms with Gasteiger partial charge in [-0.25, -0.2) is 0 Å². The SMILES string of the molecule is Cc1noc(C)c1CNCc1cnccn1. The van der Waals surface area contributed by atoms with E-state index < -0.39 is 0 Å². The smallest absolute Gasteiger partial charge is 0.138 e. The lowest BCUT2D eigenvalue weighted by Crippen LogP contribution is -2.14. The molecule has 2 rings (SSSR count). The summed E-state index contributed by atoms with van der Waals surface area (Å²) in [5, 5.41) is 7.18. The number of rotatable bonds is 4. The highest BCUT2D eigenvalue weighted by Gasteiger charge is 2.07. The van der Waals surface area contributed by atoms with E-state index in [9.17, 15) is 0 Å². The molecule has 5 heteroatoms. The van der Waals surface area contributed by atoms with Crippen molar-refractivity contribution in [3.05, 3.63) is 41.3 Å². The van der Waals surface area contributed by atoms with Crippen LogP contribution in [-0.4, -0.2) is 15.1 Å². The van der Waals surface area contributed by atoms with Crippen molar-refractivity contribution < 1.29 is 4.52 Å². The Kier molecular flexibility index (Phi) is 3.26. The first-order valence-corrected chi connectivity index (χ1v) is 5.14. The summed E-state index contributed by atoms with van der Waals surface area (Å²) in [5.74, 6) is 0.865. The summed E-state index contributed by atoms with van der Waals surface area (Å²) in [5.41, 5.74) is 2.97. The summed E-state index contributed by atoms with van der Waals surface area (Å²) in [6.45, 7) is 5.28. The van der Waals surface area contributed by atoms with Crippen molar-refractivity contribution in [2.45, 2.75) is 26.9 Å². The fraction of sp³-hybridized carbons (Fsp3) is 0.364. The normalized spacial score (nSPS) is 10.6. The van der Waals surface area contributed by atoms with Crippen LogP contribution >= 0.6 is 0 Å². The van der Waals surface area contributed by atoms with Gasteiger partial charge in [0.05, 0.1) is 11.4 Å². The molecule has 0 bridgehead atoms.